The lowest BCUT2D eigenvalue weighted by Crippen LogP contribution is -2.48. The van der Waals surface area contributed by atoms with Gasteiger partial charge in [0.2, 0.25) is 0 Å². The maximum Gasteiger partial charge on any atom is 0.272 e. The number of aryl methyl sites for hydroxylation is 1. The first-order chi connectivity index (χ1) is 14.2. The molecule has 2 aliphatic rings. The Hall–Kier alpha value is -2.38. The summed E-state index contributed by atoms with van der Waals surface area (Å²) >= 11 is 0. The minimum Gasteiger partial charge on any atom is -0.497 e. The van der Waals surface area contributed by atoms with E-state index in [1.165, 1.54) is 12.0 Å². The molecule has 1 unspecified atom stereocenters. The van der Waals surface area contributed by atoms with Crippen molar-refractivity contribution in [2.75, 3.05) is 46.9 Å². The lowest BCUT2D eigenvalue weighted by Gasteiger charge is -2.38. The van der Waals surface area contributed by atoms with Crippen molar-refractivity contribution in [1.82, 2.24) is 25.3 Å². The topological polar surface area (TPSA) is 73.5 Å². The molecule has 1 aromatic carbocycles. The van der Waals surface area contributed by atoms with E-state index in [2.05, 4.69) is 44.5 Å². The largest absolute Gasteiger partial charge is 0.497 e. The third-order valence-electron chi connectivity index (χ3n) is 6.21. The quantitative estimate of drug-likeness (QED) is 0.780. The fourth-order valence-electron chi connectivity index (χ4n) is 4.36. The highest BCUT2D eigenvalue weighted by molar-refractivity contribution is 5.94. The van der Waals surface area contributed by atoms with E-state index in [1.54, 1.807) is 7.11 Å². The van der Waals surface area contributed by atoms with Crippen LogP contribution in [0.1, 0.15) is 46.2 Å². The van der Waals surface area contributed by atoms with E-state index >= 15 is 0 Å². The predicted molar refractivity (Wildman–Crippen MR) is 112 cm³/mol. The van der Waals surface area contributed by atoms with Crippen LogP contribution in [-0.4, -0.2) is 72.8 Å². The number of benzene rings is 1. The molecule has 7 nitrogen and oxygen atoms in total. The van der Waals surface area contributed by atoms with Crippen LogP contribution in [0.25, 0.3) is 0 Å². The van der Waals surface area contributed by atoms with Crippen LogP contribution in [0.3, 0.4) is 0 Å². The van der Waals surface area contributed by atoms with Crippen LogP contribution >= 0.6 is 0 Å². The number of carbonyl (C=O) groups is 1. The fourth-order valence-corrected chi connectivity index (χ4v) is 4.36. The highest BCUT2D eigenvalue weighted by atomic mass is 16.5. The van der Waals surface area contributed by atoms with Crippen molar-refractivity contribution in [3.05, 3.63) is 46.8 Å². The minimum atomic E-state index is -0.0722. The maximum absolute atomic E-state index is 12.9. The Kier molecular flexibility index (Phi) is 6.16. The number of hydrogen-bond acceptors (Lipinski definition) is 5. The second kappa shape index (κ2) is 8.97. The van der Waals surface area contributed by atoms with Gasteiger partial charge in [0, 0.05) is 44.0 Å². The van der Waals surface area contributed by atoms with Crippen LogP contribution in [0.4, 0.5) is 0 Å². The van der Waals surface area contributed by atoms with Gasteiger partial charge in [0.05, 0.1) is 13.2 Å². The highest BCUT2D eigenvalue weighted by Crippen LogP contribution is 2.25. The zero-order chi connectivity index (χ0) is 20.2. The summed E-state index contributed by atoms with van der Waals surface area (Å²) in [6.45, 7) is 4.61. The molecule has 0 saturated carbocycles. The van der Waals surface area contributed by atoms with Gasteiger partial charge < -0.3 is 15.0 Å². The molecule has 0 radical (unpaired) electrons. The summed E-state index contributed by atoms with van der Waals surface area (Å²) in [5.41, 5.74) is 4.01. The summed E-state index contributed by atoms with van der Waals surface area (Å²) in [6.07, 6.45) is 4.22. The van der Waals surface area contributed by atoms with Crippen LogP contribution < -0.4 is 10.1 Å². The van der Waals surface area contributed by atoms with Gasteiger partial charge in [0.1, 0.15) is 5.75 Å². The number of aromatic amines is 1. The summed E-state index contributed by atoms with van der Waals surface area (Å²) in [5, 5.41) is 10.5. The summed E-state index contributed by atoms with van der Waals surface area (Å²) in [4.78, 5) is 17.7. The number of piperazine rings is 1. The summed E-state index contributed by atoms with van der Waals surface area (Å²) in [7, 11) is 3.83. The standard InChI is InChI=1S/C22H31N5O2/c1-26-11-13-27(14-12-26)20(16-7-9-17(29-2)10-8-16)15-23-22(28)21-18-5-3-4-6-19(18)24-25-21/h7-10,20H,3-6,11-15H2,1-2H3,(H,23,28)(H,24,25). The van der Waals surface area contributed by atoms with Gasteiger partial charge in [-0.15, -0.1) is 0 Å². The number of ether oxygens (including phenoxy) is 1. The molecule has 1 saturated heterocycles. The molecule has 1 fully saturated rings. The van der Waals surface area contributed by atoms with E-state index in [0.29, 0.717) is 12.2 Å². The van der Waals surface area contributed by atoms with Crippen LogP contribution in [0.15, 0.2) is 24.3 Å². The van der Waals surface area contributed by atoms with Crippen molar-refractivity contribution in [2.24, 2.45) is 0 Å². The molecule has 1 amide bonds. The minimum absolute atomic E-state index is 0.0722. The van der Waals surface area contributed by atoms with Gasteiger partial charge in [-0.05, 0) is 50.4 Å². The number of fused-ring (bicyclic) bond motifs is 1. The van der Waals surface area contributed by atoms with Gasteiger partial charge in [0.15, 0.2) is 5.69 Å². The van der Waals surface area contributed by atoms with E-state index in [0.717, 1.165) is 62.4 Å². The molecule has 0 spiro atoms. The maximum atomic E-state index is 12.9. The molecule has 2 heterocycles. The summed E-state index contributed by atoms with van der Waals surface area (Å²) in [5.74, 6) is 0.773. The molecule has 1 atom stereocenters. The van der Waals surface area contributed by atoms with Crippen molar-refractivity contribution in [3.8, 4) is 5.75 Å². The summed E-state index contributed by atoms with van der Waals surface area (Å²) < 4.78 is 5.31. The Bertz CT molecular complexity index is 824. The van der Waals surface area contributed by atoms with Crippen LogP contribution in [0.2, 0.25) is 0 Å². The van der Waals surface area contributed by atoms with Gasteiger partial charge >= 0.3 is 0 Å². The molecule has 2 N–H and O–H groups in total. The first kappa shape index (κ1) is 19.9. The Morgan fingerprint density at radius 3 is 2.62 bits per heavy atom. The first-order valence-corrected chi connectivity index (χ1v) is 10.6. The Morgan fingerprint density at radius 1 is 1.17 bits per heavy atom. The molecule has 0 bridgehead atoms. The average Bonchev–Trinajstić information content (AvgIpc) is 3.19. The monoisotopic (exact) mass is 397 g/mol. The lowest BCUT2D eigenvalue weighted by atomic mass is 9.95. The molecular formula is C22H31N5O2. The van der Waals surface area contributed by atoms with E-state index in [4.69, 9.17) is 4.74 Å². The number of methoxy groups -OCH3 is 1. The van der Waals surface area contributed by atoms with E-state index in [-0.39, 0.29) is 11.9 Å². The van der Waals surface area contributed by atoms with Gasteiger partial charge in [-0.3, -0.25) is 14.8 Å². The van der Waals surface area contributed by atoms with Crippen molar-refractivity contribution in [3.63, 3.8) is 0 Å². The third-order valence-corrected chi connectivity index (χ3v) is 6.21. The molecule has 29 heavy (non-hydrogen) atoms. The zero-order valence-corrected chi connectivity index (χ0v) is 17.4. The number of nitrogens with one attached hydrogen (secondary N) is 2. The van der Waals surface area contributed by atoms with E-state index < -0.39 is 0 Å². The van der Waals surface area contributed by atoms with Crippen molar-refractivity contribution < 1.29 is 9.53 Å². The SMILES string of the molecule is COc1ccc(C(CNC(=O)c2n[nH]c3c2CCCC3)N2CCN(C)CC2)cc1. The van der Waals surface area contributed by atoms with Gasteiger partial charge in [-0.25, -0.2) is 0 Å². The number of amides is 1. The molecule has 156 valence electrons. The van der Waals surface area contributed by atoms with Crippen molar-refractivity contribution in [1.29, 1.82) is 0 Å². The second-order valence-electron chi connectivity index (χ2n) is 8.07. The van der Waals surface area contributed by atoms with E-state index in [9.17, 15) is 4.79 Å². The molecule has 2 aromatic rings. The number of carbonyl (C=O) groups excluding carboxylic acids is 1. The van der Waals surface area contributed by atoms with Crippen molar-refractivity contribution >= 4 is 5.91 Å². The third kappa shape index (κ3) is 4.46. The van der Waals surface area contributed by atoms with Crippen LogP contribution in [0, 0.1) is 0 Å². The Labute approximate surface area is 172 Å². The van der Waals surface area contributed by atoms with E-state index in [1.807, 2.05) is 12.1 Å². The average molecular weight is 398 g/mol. The predicted octanol–water partition coefficient (Wildman–Crippen LogP) is 2.02. The van der Waals surface area contributed by atoms with Gasteiger partial charge in [-0.2, -0.15) is 5.10 Å². The molecule has 1 aliphatic carbocycles. The number of likely N-dealkylation sites (N-methyl/N-ethyl adjacent to an activating group) is 1. The molecule has 7 heteroatoms. The Balaban J connectivity index is 1.48. The van der Waals surface area contributed by atoms with Gasteiger partial charge in [-0.1, -0.05) is 12.1 Å². The smallest absolute Gasteiger partial charge is 0.272 e. The Morgan fingerprint density at radius 2 is 1.90 bits per heavy atom. The lowest BCUT2D eigenvalue weighted by molar-refractivity contribution is 0.0881. The fraction of sp³-hybridized carbons (Fsp3) is 0.545. The van der Waals surface area contributed by atoms with Gasteiger partial charge in [0.25, 0.3) is 5.91 Å². The molecule has 1 aliphatic heterocycles. The number of rotatable bonds is 6. The second-order valence-corrected chi connectivity index (χ2v) is 8.07. The molecule has 1 aromatic heterocycles. The first-order valence-electron chi connectivity index (χ1n) is 10.6. The summed E-state index contributed by atoms with van der Waals surface area (Å²) in [6, 6.07) is 8.32. The normalized spacial score (nSPS) is 18.8. The van der Waals surface area contributed by atoms with Crippen LogP contribution in [0.5, 0.6) is 5.75 Å². The zero-order valence-electron chi connectivity index (χ0n) is 17.4. The van der Waals surface area contributed by atoms with Crippen molar-refractivity contribution in [2.45, 2.75) is 31.7 Å². The molecular weight excluding hydrogens is 366 g/mol. The number of aromatic nitrogens is 2. The number of nitrogens with zero attached hydrogens (tertiary/aromatic N) is 3. The number of H-pyrrole nitrogens is 1. The highest BCUT2D eigenvalue weighted by Gasteiger charge is 2.26. The number of hydrogen-bond donors (Lipinski definition) is 2. The molecule has 4 rings (SSSR count). The van der Waals surface area contributed by atoms with Crippen LogP contribution in [-0.2, 0) is 12.8 Å².